The van der Waals surface area contributed by atoms with Crippen LogP contribution in [0.1, 0.15) is 34.3 Å². The predicted molar refractivity (Wildman–Crippen MR) is 146 cm³/mol. The average Bonchev–Trinajstić information content (AvgIpc) is 3.63. The molecule has 3 aromatic carbocycles. The third kappa shape index (κ3) is 4.35. The number of aliphatic hydroxyl groups is 1. The van der Waals surface area contributed by atoms with E-state index in [2.05, 4.69) is 9.97 Å². The second kappa shape index (κ2) is 9.64. The number of fused-ring (bicyclic) bond motifs is 1. The van der Waals surface area contributed by atoms with Crippen molar-refractivity contribution in [2.75, 3.05) is 4.90 Å². The molecule has 1 saturated heterocycles. The van der Waals surface area contributed by atoms with Gasteiger partial charge in [0.05, 0.1) is 16.6 Å². The molecule has 0 radical (unpaired) electrons. The van der Waals surface area contributed by atoms with Gasteiger partial charge in [0.2, 0.25) is 5.95 Å². The minimum Gasteiger partial charge on any atom is -0.507 e. The first-order chi connectivity index (χ1) is 18.9. The molecule has 1 amide bonds. The summed E-state index contributed by atoms with van der Waals surface area (Å²) in [6.07, 6.45) is 0. The molecule has 194 valence electrons. The number of ether oxygens (including phenoxy) is 1. The molecule has 2 N–H and O–H groups in total. The normalized spacial score (nSPS) is 16.8. The van der Waals surface area contributed by atoms with E-state index in [1.54, 1.807) is 37.3 Å². The summed E-state index contributed by atoms with van der Waals surface area (Å²) >= 11 is 0. The number of carbonyl (C=O) groups excluding carboxylic acids is 2. The summed E-state index contributed by atoms with van der Waals surface area (Å²) in [5.41, 5.74) is 3.47. The summed E-state index contributed by atoms with van der Waals surface area (Å²) in [5.74, 6) is -0.148. The number of aromatic nitrogens is 2. The van der Waals surface area contributed by atoms with Crippen LogP contribution in [0.2, 0.25) is 0 Å². The van der Waals surface area contributed by atoms with Gasteiger partial charge in [-0.05, 0) is 67.4 Å². The van der Waals surface area contributed by atoms with E-state index in [1.807, 2.05) is 61.5 Å². The van der Waals surface area contributed by atoms with Crippen molar-refractivity contribution in [3.05, 3.63) is 119 Å². The Bertz CT molecular complexity index is 1720. The smallest absolute Gasteiger partial charge is 0.302 e. The SMILES string of the molecule is Cc1ccc(C2/C(=C(\O)c3ccc(OCc4ccccc4)c(C)c3)C(=O)C(=O)N2c2nc3ccccc3[nH]2)o1. The molecule has 1 aliphatic heterocycles. The summed E-state index contributed by atoms with van der Waals surface area (Å²) in [4.78, 5) is 35.7. The van der Waals surface area contributed by atoms with Crippen molar-refractivity contribution in [1.29, 1.82) is 0 Å². The molecule has 6 rings (SSSR count). The van der Waals surface area contributed by atoms with E-state index in [0.717, 1.165) is 11.1 Å². The number of carbonyl (C=O) groups is 2. The molecule has 3 heterocycles. The number of aromatic amines is 1. The highest BCUT2D eigenvalue weighted by atomic mass is 16.5. The van der Waals surface area contributed by atoms with Crippen LogP contribution in [-0.2, 0) is 16.2 Å². The van der Waals surface area contributed by atoms with Gasteiger partial charge < -0.3 is 19.2 Å². The first-order valence-electron chi connectivity index (χ1n) is 12.5. The van der Waals surface area contributed by atoms with Gasteiger partial charge in [-0.3, -0.25) is 14.5 Å². The number of furan rings is 1. The zero-order valence-electron chi connectivity index (χ0n) is 21.3. The molecule has 39 heavy (non-hydrogen) atoms. The fraction of sp³-hybridized carbons (Fsp3) is 0.129. The van der Waals surface area contributed by atoms with E-state index >= 15 is 0 Å². The van der Waals surface area contributed by atoms with Crippen molar-refractivity contribution in [2.24, 2.45) is 0 Å². The number of hydrogen-bond donors (Lipinski definition) is 2. The Morgan fingerprint density at radius 2 is 1.77 bits per heavy atom. The third-order valence-corrected chi connectivity index (χ3v) is 6.77. The maximum Gasteiger partial charge on any atom is 0.302 e. The molecule has 1 unspecified atom stereocenters. The lowest BCUT2D eigenvalue weighted by Crippen LogP contribution is -2.30. The van der Waals surface area contributed by atoms with Gasteiger partial charge in [-0.15, -0.1) is 0 Å². The summed E-state index contributed by atoms with van der Waals surface area (Å²) < 4.78 is 11.8. The van der Waals surface area contributed by atoms with Gasteiger partial charge in [-0.2, -0.15) is 0 Å². The van der Waals surface area contributed by atoms with Gasteiger partial charge >= 0.3 is 5.91 Å². The van der Waals surface area contributed by atoms with Crippen LogP contribution < -0.4 is 9.64 Å². The quantitative estimate of drug-likeness (QED) is 0.162. The minimum atomic E-state index is -1.01. The average molecular weight is 520 g/mol. The van der Waals surface area contributed by atoms with Crippen LogP contribution in [0.4, 0.5) is 5.95 Å². The van der Waals surface area contributed by atoms with Gasteiger partial charge in [-0.1, -0.05) is 42.5 Å². The zero-order chi connectivity index (χ0) is 27.1. The summed E-state index contributed by atoms with van der Waals surface area (Å²) in [6.45, 7) is 4.03. The second-order valence-corrected chi connectivity index (χ2v) is 9.45. The highest BCUT2D eigenvalue weighted by Crippen LogP contribution is 2.42. The number of Topliss-reactive ketones (excluding diaryl/α,β-unsaturated/α-hetero) is 1. The largest absolute Gasteiger partial charge is 0.507 e. The van der Waals surface area contributed by atoms with Gasteiger partial charge in [-0.25, -0.2) is 4.98 Å². The van der Waals surface area contributed by atoms with Crippen molar-refractivity contribution in [1.82, 2.24) is 9.97 Å². The van der Waals surface area contributed by atoms with Crippen molar-refractivity contribution in [3.63, 3.8) is 0 Å². The number of aryl methyl sites for hydroxylation is 2. The van der Waals surface area contributed by atoms with Crippen molar-refractivity contribution in [2.45, 2.75) is 26.5 Å². The number of para-hydroxylation sites is 2. The Kier molecular flexibility index (Phi) is 5.99. The van der Waals surface area contributed by atoms with E-state index in [9.17, 15) is 14.7 Å². The number of imidazole rings is 1. The number of aliphatic hydroxyl groups excluding tert-OH is 1. The summed E-state index contributed by atoms with van der Waals surface area (Å²) in [7, 11) is 0. The van der Waals surface area contributed by atoms with Crippen LogP contribution >= 0.6 is 0 Å². The maximum atomic E-state index is 13.4. The Hall–Kier alpha value is -5.11. The van der Waals surface area contributed by atoms with E-state index in [0.29, 0.717) is 40.5 Å². The fourth-order valence-electron chi connectivity index (χ4n) is 4.82. The number of anilines is 1. The molecule has 8 nitrogen and oxygen atoms in total. The topological polar surface area (TPSA) is 109 Å². The molecular weight excluding hydrogens is 494 g/mol. The third-order valence-electron chi connectivity index (χ3n) is 6.77. The number of nitrogens with zero attached hydrogens (tertiary/aromatic N) is 2. The standard InChI is InChI=1S/C31H25N3O5/c1-18-16-21(13-15-24(18)38-17-20-8-4-3-5-9-20)28(35)26-27(25-14-12-19(2)39-25)34(30(37)29(26)36)31-32-22-10-6-7-11-23(22)33-31/h3-16,27,35H,17H2,1-2H3,(H,32,33)/b28-26+. The van der Waals surface area contributed by atoms with Gasteiger partial charge in [0.1, 0.15) is 35.7 Å². The van der Waals surface area contributed by atoms with Gasteiger partial charge in [0, 0.05) is 5.56 Å². The maximum absolute atomic E-state index is 13.4. The van der Waals surface area contributed by atoms with Crippen LogP contribution in [0.5, 0.6) is 5.75 Å². The molecule has 0 spiro atoms. The molecule has 8 heteroatoms. The highest BCUT2D eigenvalue weighted by Gasteiger charge is 2.49. The van der Waals surface area contributed by atoms with Gasteiger partial charge in [0.15, 0.2) is 0 Å². The van der Waals surface area contributed by atoms with Crippen molar-refractivity contribution >= 4 is 34.4 Å². The molecule has 1 fully saturated rings. The van der Waals surface area contributed by atoms with Crippen LogP contribution in [0.25, 0.3) is 16.8 Å². The second-order valence-electron chi connectivity index (χ2n) is 9.45. The molecule has 0 saturated carbocycles. The van der Waals surface area contributed by atoms with E-state index in [4.69, 9.17) is 9.15 Å². The number of H-pyrrole nitrogens is 1. The van der Waals surface area contributed by atoms with E-state index < -0.39 is 17.7 Å². The highest BCUT2D eigenvalue weighted by molar-refractivity contribution is 6.51. The number of hydrogen-bond acceptors (Lipinski definition) is 6. The zero-order valence-corrected chi connectivity index (χ0v) is 21.3. The molecule has 0 bridgehead atoms. The number of benzene rings is 3. The number of rotatable bonds is 6. The fourth-order valence-corrected chi connectivity index (χ4v) is 4.82. The summed E-state index contributed by atoms with van der Waals surface area (Å²) in [5, 5.41) is 11.4. The Labute approximate surface area is 224 Å². The molecule has 5 aromatic rings. The van der Waals surface area contributed by atoms with E-state index in [1.165, 1.54) is 4.90 Å². The minimum absolute atomic E-state index is 0.0767. The van der Waals surface area contributed by atoms with Crippen LogP contribution in [-0.4, -0.2) is 26.8 Å². The van der Waals surface area contributed by atoms with Crippen LogP contribution in [0, 0.1) is 13.8 Å². The predicted octanol–water partition coefficient (Wildman–Crippen LogP) is 5.98. The molecule has 1 aliphatic rings. The molecular formula is C31H25N3O5. The molecule has 2 aromatic heterocycles. The lowest BCUT2D eigenvalue weighted by atomic mass is 9.98. The Balaban J connectivity index is 1.40. The summed E-state index contributed by atoms with van der Waals surface area (Å²) in [6, 6.07) is 24.7. The molecule has 1 atom stereocenters. The monoisotopic (exact) mass is 519 g/mol. The van der Waals surface area contributed by atoms with Gasteiger partial charge in [0.25, 0.3) is 5.78 Å². The first kappa shape index (κ1) is 24.2. The Morgan fingerprint density at radius 3 is 2.49 bits per heavy atom. The lowest BCUT2D eigenvalue weighted by molar-refractivity contribution is -0.132. The van der Waals surface area contributed by atoms with Crippen LogP contribution in [0.15, 0.2) is 94.9 Å². The lowest BCUT2D eigenvalue weighted by Gasteiger charge is -2.20. The number of amides is 1. The first-order valence-corrected chi connectivity index (χ1v) is 12.5. The van der Waals surface area contributed by atoms with Crippen LogP contribution in [0.3, 0.4) is 0 Å². The van der Waals surface area contributed by atoms with Crippen molar-refractivity contribution in [3.8, 4) is 5.75 Å². The number of ketones is 1. The Morgan fingerprint density at radius 1 is 1.00 bits per heavy atom. The van der Waals surface area contributed by atoms with Crippen molar-refractivity contribution < 1.29 is 23.8 Å². The molecule has 0 aliphatic carbocycles. The number of nitrogens with one attached hydrogen (secondary N) is 1. The van der Waals surface area contributed by atoms with E-state index in [-0.39, 0.29) is 17.3 Å².